The number of terminal acetylenes is 1. The highest BCUT2D eigenvalue weighted by Crippen LogP contribution is 2.39. The summed E-state index contributed by atoms with van der Waals surface area (Å²) in [7, 11) is -1.88. The molecule has 1 aromatic heterocycles. The van der Waals surface area contributed by atoms with E-state index in [1.807, 2.05) is 0 Å². The first-order valence-electron chi connectivity index (χ1n) is 11.6. The third kappa shape index (κ3) is 7.35. The minimum absolute atomic E-state index is 0.0172. The van der Waals surface area contributed by atoms with Crippen molar-refractivity contribution in [1.82, 2.24) is 15.3 Å². The Balaban J connectivity index is 1.93. The molecule has 1 heterocycles. The van der Waals surface area contributed by atoms with Gasteiger partial charge in [0.2, 0.25) is 5.95 Å². The Morgan fingerprint density at radius 1 is 1.27 bits per heavy atom. The summed E-state index contributed by atoms with van der Waals surface area (Å²) < 4.78 is 70.3. The number of benzene rings is 1. The van der Waals surface area contributed by atoms with Gasteiger partial charge in [-0.1, -0.05) is 12.3 Å². The number of carbonyl (C=O) groups is 1. The molecule has 2 aromatic rings. The Labute approximate surface area is 214 Å². The van der Waals surface area contributed by atoms with Crippen LogP contribution in [0.2, 0.25) is 0 Å². The summed E-state index contributed by atoms with van der Waals surface area (Å²) in [5.41, 5.74) is 0.0995. The second kappa shape index (κ2) is 11.4. The van der Waals surface area contributed by atoms with Crippen molar-refractivity contribution in [3.8, 4) is 18.1 Å². The summed E-state index contributed by atoms with van der Waals surface area (Å²) in [5, 5.41) is 5.46. The fourth-order valence-electron chi connectivity index (χ4n) is 4.65. The first kappa shape index (κ1) is 28.2. The molecule has 0 bridgehead atoms. The SMILES string of the molecule is C#CCNC(=O)c1cc(OC)c(Nc2ncc(C(F)(F)F)c(C[C@@H]3CCC[C@H]3CS(C)(=O)=O)n2)cc1C. The predicted octanol–water partition coefficient (Wildman–Crippen LogP) is 3.92. The summed E-state index contributed by atoms with van der Waals surface area (Å²) in [5.74, 6) is 1.57. The number of halogens is 3. The number of amides is 1. The van der Waals surface area contributed by atoms with Gasteiger partial charge in [0, 0.05) is 18.0 Å². The molecule has 2 atom stereocenters. The number of carbonyl (C=O) groups excluding carboxylic acids is 1. The van der Waals surface area contributed by atoms with Crippen LogP contribution in [0.1, 0.15) is 46.4 Å². The smallest absolute Gasteiger partial charge is 0.419 e. The normalized spacial score (nSPS) is 17.8. The predicted molar refractivity (Wildman–Crippen MR) is 133 cm³/mol. The molecule has 37 heavy (non-hydrogen) atoms. The summed E-state index contributed by atoms with van der Waals surface area (Å²) in [6.07, 6.45) is 4.38. The molecule has 0 unspecified atom stereocenters. The quantitative estimate of drug-likeness (QED) is 0.466. The summed E-state index contributed by atoms with van der Waals surface area (Å²) in [6.45, 7) is 1.74. The highest BCUT2D eigenvalue weighted by atomic mass is 32.2. The second-order valence-corrected chi connectivity index (χ2v) is 11.4. The summed E-state index contributed by atoms with van der Waals surface area (Å²) in [4.78, 5) is 20.4. The van der Waals surface area contributed by atoms with Crippen LogP contribution in [-0.4, -0.2) is 50.0 Å². The number of sulfone groups is 1. The topological polar surface area (TPSA) is 110 Å². The van der Waals surface area contributed by atoms with E-state index >= 15 is 0 Å². The number of anilines is 2. The molecule has 2 N–H and O–H groups in total. The highest BCUT2D eigenvalue weighted by Gasteiger charge is 2.38. The number of rotatable bonds is 9. The van der Waals surface area contributed by atoms with Crippen LogP contribution in [-0.2, 0) is 22.4 Å². The van der Waals surface area contributed by atoms with Crippen molar-refractivity contribution in [1.29, 1.82) is 0 Å². The first-order chi connectivity index (χ1) is 17.3. The molecule has 1 aromatic carbocycles. The van der Waals surface area contributed by atoms with E-state index in [2.05, 4.69) is 26.5 Å². The van der Waals surface area contributed by atoms with Gasteiger partial charge in [0.15, 0.2) is 0 Å². The summed E-state index contributed by atoms with van der Waals surface area (Å²) in [6, 6.07) is 3.09. The van der Waals surface area contributed by atoms with Crippen LogP contribution in [0.25, 0.3) is 0 Å². The molecule has 0 radical (unpaired) electrons. The number of aryl methyl sites for hydroxylation is 1. The third-order valence-corrected chi connectivity index (χ3v) is 7.38. The molecule has 8 nitrogen and oxygen atoms in total. The van der Waals surface area contributed by atoms with Gasteiger partial charge in [-0.25, -0.2) is 18.4 Å². The van der Waals surface area contributed by atoms with E-state index in [-0.39, 0.29) is 47.9 Å². The zero-order chi connectivity index (χ0) is 27.4. The van der Waals surface area contributed by atoms with Crippen molar-refractivity contribution in [3.05, 3.63) is 40.7 Å². The van der Waals surface area contributed by atoms with Crippen LogP contribution < -0.4 is 15.4 Å². The highest BCUT2D eigenvalue weighted by molar-refractivity contribution is 7.90. The molecule has 1 saturated carbocycles. The zero-order valence-corrected chi connectivity index (χ0v) is 21.6. The van der Waals surface area contributed by atoms with Crippen molar-refractivity contribution >= 4 is 27.4 Å². The minimum Gasteiger partial charge on any atom is -0.495 e. The molecule has 0 spiro atoms. The largest absolute Gasteiger partial charge is 0.495 e. The van der Waals surface area contributed by atoms with Gasteiger partial charge in [0.25, 0.3) is 5.91 Å². The Hall–Kier alpha value is -3.33. The number of aromatic nitrogens is 2. The molecule has 1 fully saturated rings. The van der Waals surface area contributed by atoms with E-state index in [1.54, 1.807) is 13.0 Å². The van der Waals surface area contributed by atoms with Crippen LogP contribution in [0.15, 0.2) is 18.3 Å². The Morgan fingerprint density at radius 2 is 1.97 bits per heavy atom. The van der Waals surface area contributed by atoms with Crippen LogP contribution >= 0.6 is 0 Å². The van der Waals surface area contributed by atoms with Crippen molar-refractivity contribution in [2.24, 2.45) is 11.8 Å². The van der Waals surface area contributed by atoms with Gasteiger partial charge in [-0.05, 0) is 55.7 Å². The molecule has 0 aliphatic heterocycles. The van der Waals surface area contributed by atoms with Gasteiger partial charge in [0.1, 0.15) is 15.6 Å². The standard InChI is InChI=1S/C25H29F3N4O4S/c1-5-9-29-23(33)18-12-22(36-3)21(10-15(18)2)32-24-30-13-19(25(26,27)28)20(31-24)11-16-7-6-8-17(16)14-37(4,34)35/h1,10,12-13,16-17H,6-9,11,14H2,2-4H3,(H,29,33)(H,30,31,32)/t16-,17-/m0/s1. The number of ether oxygens (including phenoxy) is 1. The van der Waals surface area contributed by atoms with Gasteiger partial charge in [-0.2, -0.15) is 13.2 Å². The van der Waals surface area contributed by atoms with Crippen LogP contribution in [0.4, 0.5) is 24.8 Å². The second-order valence-electron chi connectivity index (χ2n) is 9.18. The Kier molecular flexibility index (Phi) is 8.68. The van der Waals surface area contributed by atoms with E-state index < -0.39 is 27.5 Å². The van der Waals surface area contributed by atoms with Crippen LogP contribution in [0.3, 0.4) is 0 Å². The maximum Gasteiger partial charge on any atom is 0.419 e. The van der Waals surface area contributed by atoms with Crippen LogP contribution in [0.5, 0.6) is 5.75 Å². The lowest BCUT2D eigenvalue weighted by atomic mass is 9.91. The van der Waals surface area contributed by atoms with Crippen molar-refractivity contribution in [2.75, 3.05) is 31.0 Å². The number of alkyl halides is 3. The van der Waals surface area contributed by atoms with Gasteiger partial charge in [0.05, 0.1) is 36.4 Å². The maximum absolute atomic E-state index is 13.8. The lowest BCUT2D eigenvalue weighted by Crippen LogP contribution is -2.24. The molecule has 1 amide bonds. The molecule has 1 aliphatic carbocycles. The molecular weight excluding hydrogens is 509 g/mol. The van der Waals surface area contributed by atoms with Gasteiger partial charge >= 0.3 is 6.18 Å². The monoisotopic (exact) mass is 538 g/mol. The lowest BCUT2D eigenvalue weighted by Gasteiger charge is -2.21. The van der Waals surface area contributed by atoms with E-state index in [0.717, 1.165) is 18.9 Å². The molecule has 3 rings (SSSR count). The lowest BCUT2D eigenvalue weighted by molar-refractivity contribution is -0.138. The zero-order valence-electron chi connectivity index (χ0n) is 20.8. The van der Waals surface area contributed by atoms with Crippen molar-refractivity contribution in [2.45, 2.75) is 38.8 Å². The van der Waals surface area contributed by atoms with Crippen molar-refractivity contribution in [3.63, 3.8) is 0 Å². The Morgan fingerprint density at radius 3 is 2.59 bits per heavy atom. The first-order valence-corrected chi connectivity index (χ1v) is 13.7. The van der Waals surface area contributed by atoms with E-state index in [0.29, 0.717) is 29.7 Å². The number of hydrogen-bond acceptors (Lipinski definition) is 7. The van der Waals surface area contributed by atoms with E-state index in [9.17, 15) is 26.4 Å². The fourth-order valence-corrected chi connectivity index (χ4v) is 5.87. The number of methoxy groups -OCH3 is 1. The molecule has 200 valence electrons. The average Bonchev–Trinajstić information content (AvgIpc) is 3.21. The Bertz CT molecular complexity index is 1310. The van der Waals surface area contributed by atoms with Crippen LogP contribution in [0, 0.1) is 31.1 Å². The number of nitrogens with one attached hydrogen (secondary N) is 2. The fraction of sp³-hybridized carbons (Fsp3) is 0.480. The molecular formula is C25H29F3N4O4S. The molecule has 12 heteroatoms. The minimum atomic E-state index is -4.67. The molecule has 0 saturated heterocycles. The summed E-state index contributed by atoms with van der Waals surface area (Å²) >= 11 is 0. The van der Waals surface area contributed by atoms with E-state index in [4.69, 9.17) is 11.2 Å². The molecule has 1 aliphatic rings. The third-order valence-electron chi connectivity index (χ3n) is 6.35. The maximum atomic E-state index is 13.8. The van der Waals surface area contributed by atoms with Gasteiger partial charge < -0.3 is 15.4 Å². The number of nitrogens with zero attached hydrogens (tertiary/aromatic N) is 2. The average molecular weight is 539 g/mol. The van der Waals surface area contributed by atoms with Gasteiger partial charge in [-0.15, -0.1) is 6.42 Å². The van der Waals surface area contributed by atoms with Crippen molar-refractivity contribution < 1.29 is 31.1 Å². The number of hydrogen-bond donors (Lipinski definition) is 2. The van der Waals surface area contributed by atoms with E-state index in [1.165, 1.54) is 13.2 Å². The van der Waals surface area contributed by atoms with Gasteiger partial charge in [-0.3, -0.25) is 4.79 Å².